The normalized spacial score (nSPS) is 11.1. The minimum Gasteiger partial charge on any atom is -0.493 e. The molecule has 0 saturated carbocycles. The number of methoxy groups -OCH3 is 1. The summed E-state index contributed by atoms with van der Waals surface area (Å²) < 4.78 is 11.0. The van der Waals surface area contributed by atoms with Crippen molar-refractivity contribution < 1.29 is 14.3 Å². The Kier molecular flexibility index (Phi) is 7.10. The highest BCUT2D eigenvalue weighted by atomic mass is 35.5. The van der Waals surface area contributed by atoms with E-state index in [0.717, 1.165) is 0 Å². The molecule has 1 heterocycles. The summed E-state index contributed by atoms with van der Waals surface area (Å²) in [7, 11) is 1.47. The van der Waals surface area contributed by atoms with Crippen LogP contribution in [0.15, 0.2) is 71.5 Å². The lowest BCUT2D eigenvalue weighted by molar-refractivity contribution is -0.118. The number of H-pyrrole nitrogens is 1. The summed E-state index contributed by atoms with van der Waals surface area (Å²) in [5, 5.41) is 13.3. The predicted molar refractivity (Wildman–Crippen MR) is 134 cm³/mol. The third-order valence-corrected chi connectivity index (χ3v) is 5.19. The highest BCUT2D eigenvalue weighted by Crippen LogP contribution is 2.29. The molecule has 4 rings (SSSR count). The van der Waals surface area contributed by atoms with Crippen LogP contribution in [0.1, 0.15) is 11.4 Å². The molecule has 1 amide bonds. The molecule has 8 nitrogen and oxygen atoms in total. The zero-order chi connectivity index (χ0) is 24.8. The first-order valence-corrected chi connectivity index (χ1v) is 10.8. The summed E-state index contributed by atoms with van der Waals surface area (Å²) in [4.78, 5) is 31.6. The lowest BCUT2D eigenvalue weighted by Crippen LogP contribution is -2.20. The number of halogens is 1. The fraction of sp³-hybridized carbons (Fsp3) is 0.0769. The molecule has 9 heteroatoms. The number of hydrogen-bond acceptors (Lipinski definition) is 6. The SMILES string of the molecule is COc1cc(C=C(C#N)c2nc3ccccc3c(=O)[nH]2)ccc1OCC(=O)Nc1cccc(Cl)c1. The van der Waals surface area contributed by atoms with Gasteiger partial charge in [0.1, 0.15) is 6.07 Å². The smallest absolute Gasteiger partial charge is 0.262 e. The minimum atomic E-state index is -0.364. The Balaban J connectivity index is 1.53. The number of carbonyl (C=O) groups excluding carboxylic acids is 1. The monoisotopic (exact) mass is 486 g/mol. The van der Waals surface area contributed by atoms with E-state index < -0.39 is 0 Å². The molecule has 0 unspecified atom stereocenters. The number of allylic oxidation sites excluding steroid dienone is 1. The van der Waals surface area contributed by atoms with E-state index in [9.17, 15) is 14.9 Å². The number of nitriles is 1. The predicted octanol–water partition coefficient (Wildman–Crippen LogP) is 4.67. The number of hydrogen-bond donors (Lipinski definition) is 2. The van der Waals surface area contributed by atoms with Crippen molar-refractivity contribution in [1.82, 2.24) is 9.97 Å². The molecule has 0 spiro atoms. The summed E-state index contributed by atoms with van der Waals surface area (Å²) in [5.41, 5.74) is 1.51. The van der Waals surface area contributed by atoms with Gasteiger partial charge in [-0.2, -0.15) is 5.26 Å². The number of rotatable bonds is 7. The topological polar surface area (TPSA) is 117 Å². The molecule has 1 aromatic heterocycles. The van der Waals surface area contributed by atoms with E-state index in [4.69, 9.17) is 21.1 Å². The number of aromatic amines is 1. The van der Waals surface area contributed by atoms with Crippen molar-refractivity contribution in [3.63, 3.8) is 0 Å². The van der Waals surface area contributed by atoms with Crippen molar-refractivity contribution in [3.8, 4) is 17.6 Å². The Morgan fingerprint density at radius 2 is 1.97 bits per heavy atom. The number of amides is 1. The quantitative estimate of drug-likeness (QED) is 0.367. The molecule has 0 aliphatic rings. The second kappa shape index (κ2) is 10.5. The van der Waals surface area contributed by atoms with Crippen LogP contribution in [0.2, 0.25) is 5.02 Å². The molecular weight excluding hydrogens is 468 g/mol. The van der Waals surface area contributed by atoms with E-state index in [1.54, 1.807) is 72.8 Å². The van der Waals surface area contributed by atoms with E-state index >= 15 is 0 Å². The summed E-state index contributed by atoms with van der Waals surface area (Å²) in [6, 6.07) is 20.7. The van der Waals surface area contributed by atoms with E-state index in [-0.39, 0.29) is 29.5 Å². The number of para-hydroxylation sites is 1. The molecule has 0 radical (unpaired) electrons. The first kappa shape index (κ1) is 23.5. The molecule has 0 bridgehead atoms. The second-order valence-electron chi connectivity index (χ2n) is 7.36. The summed E-state index contributed by atoms with van der Waals surface area (Å²) in [6.07, 6.45) is 1.57. The number of aromatic nitrogens is 2. The van der Waals surface area contributed by atoms with Crippen LogP contribution in [-0.4, -0.2) is 29.6 Å². The van der Waals surface area contributed by atoms with Crippen LogP contribution in [0, 0.1) is 11.3 Å². The highest BCUT2D eigenvalue weighted by Gasteiger charge is 2.11. The van der Waals surface area contributed by atoms with Crippen molar-refractivity contribution >= 4 is 45.7 Å². The number of nitrogens with one attached hydrogen (secondary N) is 2. The third kappa shape index (κ3) is 5.66. The second-order valence-corrected chi connectivity index (χ2v) is 7.80. The maximum absolute atomic E-state index is 12.4. The zero-order valence-electron chi connectivity index (χ0n) is 18.5. The Labute approximate surface area is 205 Å². The molecule has 3 aromatic carbocycles. The molecular formula is C26H19ClN4O4. The van der Waals surface area contributed by atoms with Crippen LogP contribution in [0.3, 0.4) is 0 Å². The Hall–Kier alpha value is -4.61. The van der Waals surface area contributed by atoms with Gasteiger partial charge in [0.2, 0.25) is 0 Å². The fourth-order valence-electron chi connectivity index (χ4n) is 3.33. The van der Waals surface area contributed by atoms with Gasteiger partial charge in [0.25, 0.3) is 11.5 Å². The standard InChI is InChI=1S/C26H19ClN4O4/c1-34-23-12-16(9-10-22(23)35-15-24(32)29-19-6-4-5-18(27)13-19)11-17(14-28)25-30-21-8-3-2-7-20(21)26(33)31-25/h2-13H,15H2,1H3,(H,29,32)(H,30,31,33). The van der Waals surface area contributed by atoms with Gasteiger partial charge in [-0.3, -0.25) is 9.59 Å². The number of carbonyl (C=O) groups is 1. The van der Waals surface area contributed by atoms with E-state index in [2.05, 4.69) is 21.4 Å². The molecule has 0 aliphatic carbocycles. The molecule has 174 valence electrons. The van der Waals surface area contributed by atoms with Gasteiger partial charge in [-0.1, -0.05) is 35.9 Å². The maximum Gasteiger partial charge on any atom is 0.262 e. The van der Waals surface area contributed by atoms with Crippen LogP contribution in [0.25, 0.3) is 22.6 Å². The number of fused-ring (bicyclic) bond motifs is 1. The van der Waals surface area contributed by atoms with Gasteiger partial charge in [0.15, 0.2) is 23.9 Å². The first-order valence-electron chi connectivity index (χ1n) is 10.4. The number of ether oxygens (including phenoxy) is 2. The molecule has 4 aromatic rings. The Bertz CT molecular complexity index is 1540. The molecule has 0 aliphatic heterocycles. The number of benzene rings is 3. The van der Waals surface area contributed by atoms with Gasteiger partial charge in [-0.25, -0.2) is 4.98 Å². The largest absolute Gasteiger partial charge is 0.493 e. The summed E-state index contributed by atoms with van der Waals surface area (Å²) in [5.74, 6) is 0.512. The van der Waals surface area contributed by atoms with Gasteiger partial charge < -0.3 is 19.8 Å². The van der Waals surface area contributed by atoms with Gasteiger partial charge in [0.05, 0.1) is 23.6 Å². The van der Waals surface area contributed by atoms with Crippen LogP contribution in [0.4, 0.5) is 5.69 Å². The average molecular weight is 487 g/mol. The van der Waals surface area contributed by atoms with Gasteiger partial charge >= 0.3 is 0 Å². The van der Waals surface area contributed by atoms with E-state index in [1.165, 1.54) is 7.11 Å². The van der Waals surface area contributed by atoms with Crippen molar-refractivity contribution in [3.05, 3.63) is 93.5 Å². The fourth-order valence-corrected chi connectivity index (χ4v) is 3.52. The lowest BCUT2D eigenvalue weighted by atomic mass is 10.1. The highest BCUT2D eigenvalue weighted by molar-refractivity contribution is 6.30. The van der Waals surface area contributed by atoms with Crippen molar-refractivity contribution in [2.45, 2.75) is 0 Å². The van der Waals surface area contributed by atoms with Gasteiger partial charge in [-0.05, 0) is 54.1 Å². The molecule has 2 N–H and O–H groups in total. The Morgan fingerprint density at radius 1 is 1.14 bits per heavy atom. The van der Waals surface area contributed by atoms with Crippen LogP contribution in [0.5, 0.6) is 11.5 Å². The zero-order valence-corrected chi connectivity index (χ0v) is 19.3. The van der Waals surface area contributed by atoms with Crippen molar-refractivity contribution in [2.24, 2.45) is 0 Å². The van der Waals surface area contributed by atoms with Gasteiger partial charge in [0, 0.05) is 10.7 Å². The molecule has 0 atom stereocenters. The summed E-state index contributed by atoms with van der Waals surface area (Å²) >= 11 is 5.93. The molecule has 0 saturated heterocycles. The van der Waals surface area contributed by atoms with E-state index in [1.807, 2.05) is 0 Å². The van der Waals surface area contributed by atoms with Crippen LogP contribution >= 0.6 is 11.6 Å². The minimum absolute atomic E-state index is 0.160. The lowest BCUT2D eigenvalue weighted by Gasteiger charge is -2.12. The summed E-state index contributed by atoms with van der Waals surface area (Å²) in [6.45, 7) is -0.246. The Morgan fingerprint density at radius 3 is 2.74 bits per heavy atom. The molecule has 35 heavy (non-hydrogen) atoms. The third-order valence-electron chi connectivity index (χ3n) is 4.95. The number of nitrogens with zero attached hydrogens (tertiary/aromatic N) is 2. The van der Waals surface area contributed by atoms with Crippen molar-refractivity contribution in [2.75, 3.05) is 19.0 Å². The molecule has 0 fully saturated rings. The first-order chi connectivity index (χ1) is 17.0. The maximum atomic E-state index is 12.4. The average Bonchev–Trinajstić information content (AvgIpc) is 2.86. The van der Waals surface area contributed by atoms with Crippen molar-refractivity contribution in [1.29, 1.82) is 5.26 Å². The van der Waals surface area contributed by atoms with E-state index in [0.29, 0.717) is 38.7 Å². The van der Waals surface area contributed by atoms with Gasteiger partial charge in [-0.15, -0.1) is 0 Å². The van der Waals surface area contributed by atoms with Crippen LogP contribution in [-0.2, 0) is 4.79 Å². The van der Waals surface area contributed by atoms with Crippen LogP contribution < -0.4 is 20.3 Å². The number of anilines is 1.